The Balaban J connectivity index is 0. The minimum Gasteiger partial charge on any atom is -0.548 e. The van der Waals surface area contributed by atoms with Crippen molar-refractivity contribution in [2.75, 3.05) is 32.1 Å². The number of anilines is 1. The van der Waals surface area contributed by atoms with Gasteiger partial charge in [-0.25, -0.2) is 0 Å². The van der Waals surface area contributed by atoms with Crippen LogP contribution in [-0.2, 0) is 18.9 Å². The fourth-order valence-corrected chi connectivity index (χ4v) is 1.86. The van der Waals surface area contributed by atoms with Crippen LogP contribution in [0.3, 0.4) is 0 Å². The van der Waals surface area contributed by atoms with Crippen LogP contribution >= 0.6 is 12.0 Å². The van der Waals surface area contributed by atoms with Crippen LogP contribution in [0, 0.1) is 0 Å². The molecule has 0 saturated carbocycles. The summed E-state index contributed by atoms with van der Waals surface area (Å²) in [4.78, 5) is 27.8. The number of hydroxylamine groups is 2. The van der Waals surface area contributed by atoms with E-state index in [0.717, 1.165) is 16.9 Å². The second kappa shape index (κ2) is 13.5. The largest absolute Gasteiger partial charge is 1.00 e. The molecule has 1 aromatic carbocycles. The van der Waals surface area contributed by atoms with Crippen LogP contribution in [0.5, 0.6) is 0 Å². The van der Waals surface area contributed by atoms with Gasteiger partial charge in [-0.3, -0.25) is 0 Å². The van der Waals surface area contributed by atoms with Gasteiger partial charge in [-0.1, -0.05) is 0 Å². The number of hydrogen-bond acceptors (Lipinski definition) is 9. The van der Waals surface area contributed by atoms with Crippen LogP contribution in [0.1, 0.15) is 0 Å². The molecule has 0 bridgehead atoms. The third-order valence-electron chi connectivity index (χ3n) is 2.15. The van der Waals surface area contributed by atoms with Gasteiger partial charge in [-0.05, 0) is 24.3 Å². The number of carboxylic acid groups (broad SMARTS) is 2. The summed E-state index contributed by atoms with van der Waals surface area (Å²) in [5.74, 6) is -2.75. The van der Waals surface area contributed by atoms with Gasteiger partial charge in [0.1, 0.15) is 0 Å². The maximum absolute atomic E-state index is 10.6. The first kappa shape index (κ1) is 25.4. The summed E-state index contributed by atoms with van der Waals surface area (Å²) in [6.07, 6.45) is 0. The standard InChI is InChI=1S/C12H16N2O6S.2Na/c1-13(2)19-20-21-10-5-3-9(4-6-10)14(7-11(15)16)8-12(17)18;;/h3-6H,7-8H2,1-2H3,(H,15,16)(H,17,18);;/q;2*+1/p-2. The normalized spacial score (nSPS) is 9.70. The third kappa shape index (κ3) is 11.4. The fourth-order valence-electron chi connectivity index (χ4n) is 1.38. The van der Waals surface area contributed by atoms with Crippen molar-refractivity contribution in [3.8, 4) is 0 Å². The molecule has 0 saturated heterocycles. The molecule has 0 unspecified atom stereocenters. The number of carbonyl (C=O) groups is 2. The summed E-state index contributed by atoms with van der Waals surface area (Å²) >= 11 is 0.957. The Morgan fingerprint density at radius 3 is 1.91 bits per heavy atom. The molecule has 1 aromatic rings. The van der Waals surface area contributed by atoms with Gasteiger partial charge < -0.3 is 24.7 Å². The van der Waals surface area contributed by atoms with E-state index in [1.807, 2.05) is 0 Å². The molecule has 0 spiro atoms. The van der Waals surface area contributed by atoms with E-state index in [0.29, 0.717) is 10.6 Å². The topological polar surface area (TPSA) is 105 Å². The molecule has 1 rings (SSSR count). The monoisotopic (exact) mass is 360 g/mol. The number of carbonyl (C=O) groups excluding carboxylic acids is 2. The quantitative estimate of drug-likeness (QED) is 0.184. The Bertz CT molecular complexity index is 473. The molecule has 116 valence electrons. The molecule has 0 heterocycles. The Hall–Kier alpha value is 0.190. The van der Waals surface area contributed by atoms with Gasteiger partial charge in [0.25, 0.3) is 0 Å². The van der Waals surface area contributed by atoms with Crippen molar-refractivity contribution >= 4 is 29.7 Å². The van der Waals surface area contributed by atoms with Crippen molar-refractivity contribution < 1.29 is 88.2 Å². The van der Waals surface area contributed by atoms with E-state index in [4.69, 9.17) is 9.32 Å². The molecule has 0 aliphatic carbocycles. The average molecular weight is 360 g/mol. The van der Waals surface area contributed by atoms with Gasteiger partial charge in [0.05, 0.1) is 37.1 Å². The number of carboxylic acids is 2. The first-order valence-corrected chi connectivity index (χ1v) is 6.56. The van der Waals surface area contributed by atoms with Crippen LogP contribution in [0.4, 0.5) is 5.69 Å². The maximum Gasteiger partial charge on any atom is 1.00 e. The van der Waals surface area contributed by atoms with Crippen molar-refractivity contribution in [3.05, 3.63) is 24.3 Å². The van der Waals surface area contributed by atoms with Gasteiger partial charge in [0.2, 0.25) is 0 Å². The number of hydrogen-bond donors (Lipinski definition) is 0. The third-order valence-corrected chi connectivity index (χ3v) is 2.75. The molecule has 0 aliphatic rings. The summed E-state index contributed by atoms with van der Waals surface area (Å²) in [5, 5.41) is 22.6. The molecule has 8 nitrogen and oxygen atoms in total. The van der Waals surface area contributed by atoms with Gasteiger partial charge >= 0.3 is 59.1 Å². The molecule has 23 heavy (non-hydrogen) atoms. The number of aliphatic carboxylic acids is 2. The van der Waals surface area contributed by atoms with Gasteiger partial charge in [-0.2, -0.15) is 5.06 Å². The van der Waals surface area contributed by atoms with Crippen LogP contribution in [0.25, 0.3) is 0 Å². The van der Waals surface area contributed by atoms with Gasteiger partial charge in [-0.15, -0.1) is 9.32 Å². The van der Waals surface area contributed by atoms with Crippen LogP contribution < -0.4 is 74.2 Å². The molecule has 0 fully saturated rings. The Morgan fingerprint density at radius 2 is 1.52 bits per heavy atom. The molecule has 0 radical (unpaired) electrons. The van der Waals surface area contributed by atoms with E-state index >= 15 is 0 Å². The Kier molecular flexibility index (Phi) is 14.9. The Labute approximate surface area is 182 Å². The van der Waals surface area contributed by atoms with E-state index in [1.165, 1.54) is 5.06 Å². The van der Waals surface area contributed by atoms with Crippen molar-refractivity contribution in [1.29, 1.82) is 0 Å². The molecule has 0 aromatic heterocycles. The van der Waals surface area contributed by atoms with E-state index in [-0.39, 0.29) is 59.1 Å². The van der Waals surface area contributed by atoms with Crippen LogP contribution in [0.15, 0.2) is 29.2 Å². The van der Waals surface area contributed by atoms with Crippen LogP contribution in [-0.4, -0.2) is 44.2 Å². The zero-order valence-electron chi connectivity index (χ0n) is 13.5. The first-order valence-electron chi connectivity index (χ1n) is 5.82. The minimum atomic E-state index is -1.38. The van der Waals surface area contributed by atoms with E-state index in [9.17, 15) is 19.8 Å². The molecular formula is C12H14N2Na2O6S. The fraction of sp³-hybridized carbons (Fsp3) is 0.333. The zero-order valence-corrected chi connectivity index (χ0v) is 18.3. The summed E-state index contributed by atoms with van der Waals surface area (Å²) in [6.45, 7) is -1.08. The molecule has 0 atom stereocenters. The predicted octanol–water partition coefficient (Wildman–Crippen LogP) is -7.57. The van der Waals surface area contributed by atoms with Crippen molar-refractivity contribution in [3.63, 3.8) is 0 Å². The second-order valence-corrected chi connectivity index (χ2v) is 4.91. The smallest absolute Gasteiger partial charge is 0.548 e. The summed E-state index contributed by atoms with van der Waals surface area (Å²) < 4.78 is 4.83. The van der Waals surface area contributed by atoms with Crippen LogP contribution in [0.2, 0.25) is 0 Å². The number of benzene rings is 1. The second-order valence-electron chi connectivity index (χ2n) is 4.13. The average Bonchev–Trinajstić information content (AvgIpc) is 2.37. The van der Waals surface area contributed by atoms with Gasteiger partial charge in [0, 0.05) is 24.7 Å². The van der Waals surface area contributed by atoms with Gasteiger partial charge in [0.15, 0.2) is 0 Å². The molecular weight excluding hydrogens is 346 g/mol. The van der Waals surface area contributed by atoms with Crippen molar-refractivity contribution in [2.24, 2.45) is 0 Å². The molecule has 0 aliphatic heterocycles. The first-order chi connectivity index (χ1) is 9.88. The van der Waals surface area contributed by atoms with Crippen molar-refractivity contribution in [2.45, 2.75) is 4.90 Å². The van der Waals surface area contributed by atoms with E-state index < -0.39 is 25.0 Å². The summed E-state index contributed by atoms with van der Waals surface area (Å²) in [6, 6.07) is 6.40. The Morgan fingerprint density at radius 1 is 1.04 bits per heavy atom. The molecule has 0 N–H and O–H groups in total. The molecule has 11 heteroatoms. The SMILES string of the molecule is CN(C)OOSc1ccc(N(CC(=O)[O-])CC(=O)[O-])cc1.[Na+].[Na+]. The summed E-state index contributed by atoms with van der Waals surface area (Å²) in [5.41, 5.74) is 0.418. The maximum atomic E-state index is 10.6. The molecule has 0 amide bonds. The van der Waals surface area contributed by atoms with E-state index in [2.05, 4.69) is 0 Å². The predicted molar refractivity (Wildman–Crippen MR) is 70.4 cm³/mol. The summed E-state index contributed by atoms with van der Waals surface area (Å²) in [7, 11) is 3.31. The van der Waals surface area contributed by atoms with E-state index in [1.54, 1.807) is 38.4 Å². The number of nitrogens with zero attached hydrogens (tertiary/aromatic N) is 2. The minimum absolute atomic E-state index is 0. The zero-order chi connectivity index (χ0) is 15.8. The number of rotatable bonds is 9. The van der Waals surface area contributed by atoms with Crippen molar-refractivity contribution in [1.82, 2.24) is 5.06 Å².